The van der Waals surface area contributed by atoms with Crippen molar-refractivity contribution in [2.24, 2.45) is 17.1 Å². The number of fused-ring (bicyclic) bond motifs is 1. The maximum atomic E-state index is 13.9. The molecule has 0 spiro atoms. The van der Waals surface area contributed by atoms with Crippen molar-refractivity contribution < 1.29 is 23.9 Å². The lowest BCUT2D eigenvalue weighted by atomic mass is 9.85. The molecule has 2 amide bonds. The van der Waals surface area contributed by atoms with E-state index in [0.717, 1.165) is 48.4 Å². The molecule has 3 N–H and O–H groups in total. The summed E-state index contributed by atoms with van der Waals surface area (Å²) < 4.78 is 12.2. The van der Waals surface area contributed by atoms with Gasteiger partial charge in [0.25, 0.3) is 0 Å². The number of nitrogens with one attached hydrogen (secondary N) is 1. The van der Waals surface area contributed by atoms with Crippen LogP contribution in [0.3, 0.4) is 0 Å². The van der Waals surface area contributed by atoms with Crippen molar-refractivity contribution in [2.75, 3.05) is 0 Å². The van der Waals surface area contributed by atoms with Crippen LogP contribution in [0.5, 0.6) is 0 Å². The summed E-state index contributed by atoms with van der Waals surface area (Å²) in [6.45, 7) is 10.9. The molecule has 0 aliphatic heterocycles. The Kier molecular flexibility index (Phi) is 9.58. The number of benzene rings is 2. The third-order valence-electron chi connectivity index (χ3n) is 6.94. The van der Waals surface area contributed by atoms with Crippen molar-refractivity contribution in [3.63, 3.8) is 0 Å². The highest BCUT2D eigenvalue weighted by Gasteiger charge is 2.42. The molecule has 3 atom stereocenters. The Hall–Kier alpha value is -2.93. The Balaban J connectivity index is 2.01. The Bertz CT molecular complexity index is 1130. The molecule has 0 bridgehead atoms. The molecule has 1 saturated carbocycles. The van der Waals surface area contributed by atoms with E-state index < -0.39 is 46.9 Å². The zero-order valence-electron chi connectivity index (χ0n) is 23.7. The molecule has 208 valence electrons. The number of rotatable bonds is 9. The Morgan fingerprint density at radius 3 is 2.16 bits per heavy atom. The fraction of sp³-hybridized carbons (Fsp3) is 0.581. The third kappa shape index (κ3) is 8.29. The second-order valence-corrected chi connectivity index (χ2v) is 12.6. The predicted molar refractivity (Wildman–Crippen MR) is 149 cm³/mol. The normalized spacial score (nSPS) is 17.4. The third-order valence-corrected chi connectivity index (χ3v) is 6.94. The summed E-state index contributed by atoms with van der Waals surface area (Å²) in [5, 5.41) is 4.97. The SMILES string of the molecule is CC(C)(C)OC(=O)[C@@H](OC1CCCCC1)C(Cc1ccc2ccccc2c1)C(=O)N[C@H](C(N)=O)C(C)(C)C. The van der Waals surface area contributed by atoms with Crippen LogP contribution in [0.2, 0.25) is 0 Å². The molecule has 1 fully saturated rings. The fourth-order valence-corrected chi connectivity index (χ4v) is 5.00. The van der Waals surface area contributed by atoms with Gasteiger partial charge in [0.1, 0.15) is 11.6 Å². The zero-order valence-corrected chi connectivity index (χ0v) is 23.7. The van der Waals surface area contributed by atoms with Crippen LogP contribution in [0.25, 0.3) is 10.8 Å². The van der Waals surface area contributed by atoms with E-state index in [9.17, 15) is 14.4 Å². The molecule has 0 saturated heterocycles. The molecule has 1 aliphatic rings. The molecule has 7 nitrogen and oxygen atoms in total. The Morgan fingerprint density at radius 1 is 0.947 bits per heavy atom. The van der Waals surface area contributed by atoms with Gasteiger partial charge >= 0.3 is 5.97 Å². The minimum absolute atomic E-state index is 0.136. The number of esters is 1. The lowest BCUT2D eigenvalue weighted by Crippen LogP contribution is -2.56. The maximum absolute atomic E-state index is 13.9. The van der Waals surface area contributed by atoms with Gasteiger partial charge in [0.15, 0.2) is 6.10 Å². The number of amides is 2. The van der Waals surface area contributed by atoms with Gasteiger partial charge in [0, 0.05) is 0 Å². The van der Waals surface area contributed by atoms with E-state index in [0.29, 0.717) is 0 Å². The maximum Gasteiger partial charge on any atom is 0.336 e. The second kappa shape index (κ2) is 12.3. The molecular weight excluding hydrogens is 480 g/mol. The fourth-order valence-electron chi connectivity index (χ4n) is 5.00. The highest BCUT2D eigenvalue weighted by Crippen LogP contribution is 2.29. The van der Waals surface area contributed by atoms with Gasteiger partial charge in [-0.05, 0) is 61.8 Å². The summed E-state index contributed by atoms with van der Waals surface area (Å²) in [7, 11) is 0. The summed E-state index contributed by atoms with van der Waals surface area (Å²) >= 11 is 0. The molecule has 3 rings (SSSR count). The van der Waals surface area contributed by atoms with E-state index >= 15 is 0 Å². The van der Waals surface area contributed by atoms with Crippen molar-refractivity contribution in [3.05, 3.63) is 48.0 Å². The summed E-state index contributed by atoms with van der Waals surface area (Å²) in [5.41, 5.74) is 5.20. The van der Waals surface area contributed by atoms with Crippen molar-refractivity contribution in [3.8, 4) is 0 Å². The van der Waals surface area contributed by atoms with E-state index in [2.05, 4.69) is 5.32 Å². The minimum atomic E-state index is -1.13. The van der Waals surface area contributed by atoms with Gasteiger partial charge in [0.2, 0.25) is 11.8 Å². The Morgan fingerprint density at radius 2 is 1.58 bits per heavy atom. The predicted octanol–water partition coefficient (Wildman–Crippen LogP) is 5.07. The van der Waals surface area contributed by atoms with E-state index in [-0.39, 0.29) is 12.5 Å². The number of hydrogen-bond acceptors (Lipinski definition) is 5. The first-order valence-electron chi connectivity index (χ1n) is 13.7. The topological polar surface area (TPSA) is 108 Å². The monoisotopic (exact) mass is 524 g/mol. The Labute approximate surface area is 226 Å². The van der Waals surface area contributed by atoms with Gasteiger partial charge in [0.05, 0.1) is 12.0 Å². The summed E-state index contributed by atoms with van der Waals surface area (Å²) in [6.07, 6.45) is 3.79. The van der Waals surface area contributed by atoms with Gasteiger partial charge in [-0.25, -0.2) is 4.79 Å². The van der Waals surface area contributed by atoms with Crippen LogP contribution < -0.4 is 11.1 Å². The largest absolute Gasteiger partial charge is 0.458 e. The van der Waals surface area contributed by atoms with E-state index in [4.69, 9.17) is 15.2 Å². The van der Waals surface area contributed by atoms with Crippen molar-refractivity contribution in [1.82, 2.24) is 5.32 Å². The standard InChI is InChI=1S/C31H44N2O5/c1-30(2,3)26(27(32)34)33-28(35)24(19-20-16-17-21-12-10-11-13-22(21)18-20)25(29(36)38-31(4,5)6)37-23-14-8-7-9-15-23/h10-13,16-18,23-26H,7-9,14-15,19H2,1-6H3,(H2,32,34)(H,33,35)/t24?,25-,26+/m0/s1. The first kappa shape index (κ1) is 29.6. The molecular formula is C31H44N2O5. The number of hydrogen-bond donors (Lipinski definition) is 2. The molecule has 2 aromatic rings. The minimum Gasteiger partial charge on any atom is -0.458 e. The second-order valence-electron chi connectivity index (χ2n) is 12.6. The first-order valence-corrected chi connectivity index (χ1v) is 13.7. The molecule has 0 heterocycles. The number of ether oxygens (including phenoxy) is 2. The molecule has 2 aromatic carbocycles. The molecule has 0 radical (unpaired) electrons. The summed E-state index contributed by atoms with van der Waals surface area (Å²) in [6, 6.07) is 13.1. The molecule has 38 heavy (non-hydrogen) atoms. The van der Waals surface area contributed by atoms with Crippen LogP contribution in [-0.2, 0) is 30.3 Å². The lowest BCUT2D eigenvalue weighted by molar-refractivity contribution is -0.180. The van der Waals surface area contributed by atoms with Gasteiger partial charge < -0.3 is 20.5 Å². The van der Waals surface area contributed by atoms with Gasteiger partial charge in [-0.1, -0.05) is 82.5 Å². The summed E-state index contributed by atoms with van der Waals surface area (Å²) in [5.74, 6) is -2.58. The van der Waals surface area contributed by atoms with E-state index in [1.54, 1.807) is 20.8 Å². The zero-order chi connectivity index (χ0) is 28.1. The van der Waals surface area contributed by atoms with Crippen LogP contribution in [0, 0.1) is 11.3 Å². The smallest absolute Gasteiger partial charge is 0.336 e. The molecule has 1 unspecified atom stereocenters. The quantitative estimate of drug-likeness (QED) is 0.445. The van der Waals surface area contributed by atoms with E-state index in [1.807, 2.05) is 63.2 Å². The summed E-state index contributed by atoms with van der Waals surface area (Å²) in [4.78, 5) is 39.8. The van der Waals surface area contributed by atoms with Gasteiger partial charge in [-0.15, -0.1) is 0 Å². The average molecular weight is 525 g/mol. The van der Waals surface area contributed by atoms with E-state index in [1.165, 1.54) is 0 Å². The molecule has 1 aliphatic carbocycles. The molecule has 0 aromatic heterocycles. The first-order chi connectivity index (χ1) is 17.7. The highest BCUT2D eigenvalue weighted by atomic mass is 16.6. The van der Waals surface area contributed by atoms with Gasteiger partial charge in [-0.2, -0.15) is 0 Å². The van der Waals surface area contributed by atoms with Crippen LogP contribution in [0.4, 0.5) is 0 Å². The van der Waals surface area contributed by atoms with Gasteiger partial charge in [-0.3, -0.25) is 9.59 Å². The number of carbonyl (C=O) groups is 3. The van der Waals surface area contributed by atoms with Crippen molar-refractivity contribution in [1.29, 1.82) is 0 Å². The highest BCUT2D eigenvalue weighted by molar-refractivity contribution is 5.92. The van der Waals surface area contributed by atoms with Crippen molar-refractivity contribution >= 4 is 28.6 Å². The van der Waals surface area contributed by atoms with Crippen LogP contribution in [-0.4, -0.2) is 41.6 Å². The van der Waals surface area contributed by atoms with Crippen LogP contribution in [0.1, 0.15) is 79.2 Å². The molecule has 7 heteroatoms. The number of primary amides is 1. The van der Waals surface area contributed by atoms with Crippen LogP contribution in [0.15, 0.2) is 42.5 Å². The number of carbonyl (C=O) groups excluding carboxylic acids is 3. The van der Waals surface area contributed by atoms with Crippen molar-refractivity contribution in [2.45, 2.75) is 104 Å². The average Bonchev–Trinajstić information content (AvgIpc) is 2.83. The number of nitrogens with two attached hydrogens (primary N) is 1. The van der Waals surface area contributed by atoms with Crippen LogP contribution >= 0.6 is 0 Å². The lowest BCUT2D eigenvalue weighted by Gasteiger charge is -2.35.